The van der Waals surface area contributed by atoms with Gasteiger partial charge in [0, 0.05) is 6.20 Å². The summed E-state index contributed by atoms with van der Waals surface area (Å²) in [5.74, 6) is -0.301. The van der Waals surface area contributed by atoms with Crippen LogP contribution in [-0.2, 0) is 0 Å². The summed E-state index contributed by atoms with van der Waals surface area (Å²) in [6.07, 6.45) is 1.62. The standard InChI is InChI=1S/C25H19BFN/c27-25(23-18-10-11-19-28-23)24(20-12-4-1-5-13-20)26(21-14-6-2-7-15-21)22-16-8-3-9-17-22/h1-19H/b25-24-. The van der Waals surface area contributed by atoms with Crippen LogP contribution in [0.4, 0.5) is 4.39 Å². The lowest BCUT2D eigenvalue weighted by Gasteiger charge is -2.20. The summed E-state index contributed by atoms with van der Waals surface area (Å²) in [5, 5.41) is 0. The Bertz CT molecular complexity index is 1010. The van der Waals surface area contributed by atoms with Crippen molar-refractivity contribution in [3.05, 3.63) is 127 Å². The molecule has 0 radical (unpaired) electrons. The van der Waals surface area contributed by atoms with E-state index in [1.54, 1.807) is 18.3 Å². The Morgan fingerprint density at radius 2 is 1.11 bits per heavy atom. The van der Waals surface area contributed by atoms with Crippen LogP contribution in [0, 0.1) is 0 Å². The van der Waals surface area contributed by atoms with Crippen molar-refractivity contribution in [3.63, 3.8) is 0 Å². The van der Waals surface area contributed by atoms with Crippen molar-refractivity contribution in [2.24, 2.45) is 0 Å². The number of hydrogen-bond donors (Lipinski definition) is 0. The van der Waals surface area contributed by atoms with Crippen LogP contribution in [0.2, 0.25) is 0 Å². The van der Waals surface area contributed by atoms with Crippen LogP contribution >= 0.6 is 0 Å². The zero-order chi connectivity index (χ0) is 19.2. The van der Waals surface area contributed by atoms with Gasteiger partial charge in [-0.3, -0.25) is 4.98 Å². The van der Waals surface area contributed by atoms with E-state index < -0.39 is 0 Å². The van der Waals surface area contributed by atoms with Gasteiger partial charge in [-0.15, -0.1) is 0 Å². The first-order valence-electron chi connectivity index (χ1n) is 9.31. The maximum atomic E-state index is 15.9. The van der Waals surface area contributed by atoms with Crippen LogP contribution in [0.25, 0.3) is 11.3 Å². The first-order chi connectivity index (χ1) is 13.8. The van der Waals surface area contributed by atoms with Gasteiger partial charge >= 0.3 is 0 Å². The molecule has 0 saturated carbocycles. The Morgan fingerprint density at radius 1 is 0.607 bits per heavy atom. The number of nitrogens with zero attached hydrogens (tertiary/aromatic N) is 1. The normalized spacial score (nSPS) is 11.6. The molecule has 0 bridgehead atoms. The molecule has 3 heteroatoms. The highest BCUT2D eigenvalue weighted by molar-refractivity contribution is 7.00. The smallest absolute Gasteiger partial charge is 0.245 e. The summed E-state index contributed by atoms with van der Waals surface area (Å²) in [6, 6.07) is 35.2. The number of pyridine rings is 1. The van der Waals surface area contributed by atoms with E-state index in [0.717, 1.165) is 16.5 Å². The summed E-state index contributed by atoms with van der Waals surface area (Å²) in [4.78, 5) is 4.26. The van der Waals surface area contributed by atoms with Crippen molar-refractivity contribution in [2.75, 3.05) is 0 Å². The highest BCUT2D eigenvalue weighted by Crippen LogP contribution is 2.28. The molecule has 1 heterocycles. The van der Waals surface area contributed by atoms with Crippen molar-refractivity contribution < 1.29 is 4.39 Å². The van der Waals surface area contributed by atoms with Gasteiger partial charge in [0.05, 0.1) is 5.69 Å². The molecule has 3 aromatic carbocycles. The van der Waals surface area contributed by atoms with E-state index in [0.29, 0.717) is 11.2 Å². The molecule has 0 spiro atoms. The van der Waals surface area contributed by atoms with Crippen LogP contribution in [0.1, 0.15) is 11.3 Å². The Labute approximate surface area is 165 Å². The zero-order valence-corrected chi connectivity index (χ0v) is 15.4. The number of hydrogen-bond acceptors (Lipinski definition) is 1. The molecule has 0 aliphatic carbocycles. The van der Waals surface area contributed by atoms with Gasteiger partial charge in [-0.1, -0.05) is 108 Å². The SMILES string of the molecule is F/C(=C(\B(c1ccccc1)c1ccccc1)c1ccccc1)c1ccccn1. The van der Waals surface area contributed by atoms with Crippen LogP contribution < -0.4 is 10.9 Å². The molecule has 0 amide bonds. The molecule has 1 nitrogen and oxygen atoms in total. The van der Waals surface area contributed by atoms with Crippen molar-refractivity contribution >= 4 is 28.9 Å². The first-order valence-corrected chi connectivity index (χ1v) is 9.31. The topological polar surface area (TPSA) is 12.9 Å². The Morgan fingerprint density at radius 3 is 1.61 bits per heavy atom. The van der Waals surface area contributed by atoms with Crippen molar-refractivity contribution in [3.8, 4) is 0 Å². The maximum absolute atomic E-state index is 15.9. The third-order valence-electron chi connectivity index (χ3n) is 4.77. The average Bonchev–Trinajstić information content (AvgIpc) is 2.79. The van der Waals surface area contributed by atoms with Gasteiger partial charge in [-0.25, -0.2) is 4.39 Å². The molecule has 28 heavy (non-hydrogen) atoms. The molecule has 0 saturated heterocycles. The van der Waals surface area contributed by atoms with Gasteiger partial charge in [0.1, 0.15) is 5.83 Å². The van der Waals surface area contributed by atoms with E-state index in [1.165, 1.54) is 0 Å². The number of aromatic nitrogens is 1. The predicted octanol–water partition coefficient (Wildman–Crippen LogP) is 4.77. The van der Waals surface area contributed by atoms with Gasteiger partial charge in [0.2, 0.25) is 6.71 Å². The van der Waals surface area contributed by atoms with E-state index in [1.807, 2.05) is 97.1 Å². The number of benzene rings is 3. The molecule has 0 unspecified atom stereocenters. The fourth-order valence-corrected chi connectivity index (χ4v) is 3.49. The van der Waals surface area contributed by atoms with Gasteiger partial charge in [0.15, 0.2) is 0 Å². The molecule has 0 aliphatic heterocycles. The lowest BCUT2D eigenvalue weighted by atomic mass is 9.35. The van der Waals surface area contributed by atoms with Crippen LogP contribution in [0.5, 0.6) is 0 Å². The van der Waals surface area contributed by atoms with Crippen molar-refractivity contribution in [1.82, 2.24) is 4.98 Å². The second-order valence-corrected chi connectivity index (χ2v) is 6.56. The Kier molecular flexibility index (Phi) is 5.44. The minimum absolute atomic E-state index is 0.244. The monoisotopic (exact) mass is 363 g/mol. The van der Waals surface area contributed by atoms with Gasteiger partial charge in [-0.05, 0) is 23.2 Å². The molecular formula is C25H19BFN. The van der Waals surface area contributed by atoms with Crippen molar-refractivity contribution in [1.29, 1.82) is 0 Å². The summed E-state index contributed by atoms with van der Waals surface area (Å²) in [6.45, 7) is -0.244. The van der Waals surface area contributed by atoms with E-state index >= 15 is 4.39 Å². The van der Waals surface area contributed by atoms with Gasteiger partial charge < -0.3 is 0 Å². The lowest BCUT2D eigenvalue weighted by molar-refractivity contribution is 0.756. The number of halogens is 1. The second-order valence-electron chi connectivity index (χ2n) is 6.56. The van der Waals surface area contributed by atoms with E-state index in [4.69, 9.17) is 0 Å². The summed E-state index contributed by atoms with van der Waals surface area (Å²) in [7, 11) is 0. The molecule has 4 rings (SSSR count). The van der Waals surface area contributed by atoms with Gasteiger partial charge in [0.25, 0.3) is 0 Å². The second kappa shape index (κ2) is 8.49. The quantitative estimate of drug-likeness (QED) is 0.466. The highest BCUT2D eigenvalue weighted by Gasteiger charge is 2.29. The minimum Gasteiger partial charge on any atom is -0.254 e. The molecular weight excluding hydrogens is 344 g/mol. The van der Waals surface area contributed by atoms with Crippen molar-refractivity contribution in [2.45, 2.75) is 0 Å². The average molecular weight is 363 g/mol. The van der Waals surface area contributed by atoms with Crippen LogP contribution in [0.15, 0.2) is 115 Å². The lowest BCUT2D eigenvalue weighted by Crippen LogP contribution is -2.43. The zero-order valence-electron chi connectivity index (χ0n) is 15.4. The molecule has 0 atom stereocenters. The molecule has 4 aromatic rings. The molecule has 0 fully saturated rings. The molecule has 0 aliphatic rings. The van der Waals surface area contributed by atoms with E-state index in [-0.39, 0.29) is 12.5 Å². The largest absolute Gasteiger partial charge is 0.254 e. The number of rotatable bonds is 5. The third kappa shape index (κ3) is 3.79. The molecule has 0 N–H and O–H groups in total. The first kappa shape index (κ1) is 17.9. The maximum Gasteiger partial charge on any atom is 0.245 e. The van der Waals surface area contributed by atoms with E-state index in [9.17, 15) is 0 Å². The van der Waals surface area contributed by atoms with E-state index in [2.05, 4.69) is 4.98 Å². The highest BCUT2D eigenvalue weighted by atomic mass is 19.1. The predicted molar refractivity (Wildman–Crippen MR) is 117 cm³/mol. The fourth-order valence-electron chi connectivity index (χ4n) is 3.49. The van der Waals surface area contributed by atoms with Crippen LogP contribution in [0.3, 0.4) is 0 Å². The summed E-state index contributed by atoms with van der Waals surface area (Å²) < 4.78 is 15.9. The van der Waals surface area contributed by atoms with Gasteiger partial charge in [-0.2, -0.15) is 0 Å². The Hall–Kier alpha value is -3.46. The Balaban J connectivity index is 2.00. The van der Waals surface area contributed by atoms with Crippen LogP contribution in [-0.4, -0.2) is 11.7 Å². The summed E-state index contributed by atoms with van der Waals surface area (Å²) >= 11 is 0. The molecule has 1 aromatic heterocycles. The third-order valence-corrected chi connectivity index (χ3v) is 4.77. The minimum atomic E-state index is -0.301. The summed E-state index contributed by atoms with van der Waals surface area (Å²) in [5.41, 5.74) is 3.90. The molecule has 134 valence electrons. The fraction of sp³-hybridized carbons (Fsp3) is 0.